The number of anilines is 2. The van der Waals surface area contributed by atoms with Crippen molar-refractivity contribution in [3.8, 4) is 11.5 Å². The molecule has 1 aliphatic rings. The molecule has 0 aromatic heterocycles. The zero-order valence-electron chi connectivity index (χ0n) is 16.5. The van der Waals surface area contributed by atoms with Gasteiger partial charge in [0.05, 0.1) is 31.2 Å². The fourth-order valence-corrected chi connectivity index (χ4v) is 4.27. The van der Waals surface area contributed by atoms with Crippen LogP contribution in [0.5, 0.6) is 11.5 Å². The molecule has 3 aromatic carbocycles. The van der Waals surface area contributed by atoms with Crippen LogP contribution in [-0.2, 0) is 9.53 Å². The minimum atomic E-state index is -0.614. The van der Waals surface area contributed by atoms with Crippen LogP contribution in [0.1, 0.15) is 10.4 Å². The summed E-state index contributed by atoms with van der Waals surface area (Å²) in [5.74, 6) is -0.0281. The SMILES string of the molecule is COc1ccc(C(=O)OCC(=O)N2c3ccccc3Sc3ccccc32)cc1OC. The number of methoxy groups -OCH3 is 2. The average Bonchev–Trinajstić information content (AvgIpc) is 2.80. The summed E-state index contributed by atoms with van der Waals surface area (Å²) in [6.07, 6.45) is 0. The number of nitrogens with zero attached hydrogens (tertiary/aromatic N) is 1. The normalized spacial score (nSPS) is 11.9. The maximum atomic E-state index is 13.1. The van der Waals surface area contributed by atoms with Gasteiger partial charge in [-0.2, -0.15) is 0 Å². The summed E-state index contributed by atoms with van der Waals surface area (Å²) >= 11 is 1.61. The average molecular weight is 421 g/mol. The molecule has 0 spiro atoms. The summed E-state index contributed by atoms with van der Waals surface area (Å²) in [5, 5.41) is 0. The second-order valence-corrected chi connectivity index (χ2v) is 7.50. The molecule has 6 nitrogen and oxygen atoms in total. The topological polar surface area (TPSA) is 65.1 Å². The Kier molecular flexibility index (Phi) is 5.63. The minimum absolute atomic E-state index is 0.274. The molecule has 0 radical (unpaired) electrons. The molecule has 7 heteroatoms. The second kappa shape index (κ2) is 8.51. The lowest BCUT2D eigenvalue weighted by molar-refractivity contribution is -0.121. The lowest BCUT2D eigenvalue weighted by Crippen LogP contribution is -2.32. The standard InChI is InChI=1S/C23H19NO5S/c1-27-18-12-11-15(13-19(18)28-2)23(26)29-14-22(25)24-16-7-3-5-9-20(16)30-21-10-6-4-8-17(21)24/h3-13H,14H2,1-2H3. The summed E-state index contributed by atoms with van der Waals surface area (Å²) in [7, 11) is 3.00. The van der Waals surface area contributed by atoms with Crippen LogP contribution in [0.15, 0.2) is 76.5 Å². The third-order valence-corrected chi connectivity index (χ3v) is 5.76. The minimum Gasteiger partial charge on any atom is -0.493 e. The Bertz CT molecular complexity index is 1070. The van der Waals surface area contributed by atoms with Gasteiger partial charge in [0.15, 0.2) is 18.1 Å². The van der Waals surface area contributed by atoms with Gasteiger partial charge in [-0.05, 0) is 42.5 Å². The van der Waals surface area contributed by atoms with E-state index in [1.165, 1.54) is 20.3 Å². The number of carbonyl (C=O) groups is 2. The summed E-state index contributed by atoms with van der Waals surface area (Å²) in [4.78, 5) is 29.1. The van der Waals surface area contributed by atoms with Crippen molar-refractivity contribution < 1.29 is 23.8 Å². The van der Waals surface area contributed by atoms with Crippen LogP contribution in [0.3, 0.4) is 0 Å². The number of para-hydroxylation sites is 2. The number of carbonyl (C=O) groups excluding carboxylic acids is 2. The first-order valence-corrected chi connectivity index (χ1v) is 10.0. The fraction of sp³-hybridized carbons (Fsp3) is 0.130. The molecule has 0 saturated heterocycles. The number of benzene rings is 3. The van der Waals surface area contributed by atoms with Gasteiger partial charge in [-0.15, -0.1) is 0 Å². The van der Waals surface area contributed by atoms with Crippen LogP contribution >= 0.6 is 11.8 Å². The largest absolute Gasteiger partial charge is 0.493 e. The van der Waals surface area contributed by atoms with Crippen LogP contribution in [0.2, 0.25) is 0 Å². The maximum Gasteiger partial charge on any atom is 0.338 e. The van der Waals surface area contributed by atoms with Crippen LogP contribution in [0.25, 0.3) is 0 Å². The second-order valence-electron chi connectivity index (χ2n) is 6.41. The number of ether oxygens (including phenoxy) is 3. The van der Waals surface area contributed by atoms with E-state index in [4.69, 9.17) is 14.2 Å². The molecule has 0 N–H and O–H groups in total. The summed E-state index contributed by atoms with van der Waals surface area (Å²) in [5.41, 5.74) is 1.82. The monoisotopic (exact) mass is 421 g/mol. The Labute approximate surface area is 178 Å². The highest BCUT2D eigenvalue weighted by molar-refractivity contribution is 7.99. The lowest BCUT2D eigenvalue weighted by atomic mass is 10.2. The van der Waals surface area contributed by atoms with Crippen molar-refractivity contribution in [3.05, 3.63) is 72.3 Å². The van der Waals surface area contributed by atoms with Gasteiger partial charge < -0.3 is 14.2 Å². The van der Waals surface area contributed by atoms with Gasteiger partial charge in [0, 0.05) is 9.79 Å². The van der Waals surface area contributed by atoms with Gasteiger partial charge >= 0.3 is 5.97 Å². The van der Waals surface area contributed by atoms with Gasteiger partial charge in [0.2, 0.25) is 0 Å². The van der Waals surface area contributed by atoms with E-state index < -0.39 is 5.97 Å². The molecule has 4 rings (SSSR count). The first-order chi connectivity index (χ1) is 14.6. The molecule has 3 aromatic rings. The number of hydrogen-bond acceptors (Lipinski definition) is 6. The molecule has 0 bridgehead atoms. The molecular formula is C23H19NO5S. The van der Waals surface area contributed by atoms with E-state index in [1.807, 2.05) is 48.5 Å². The third-order valence-electron chi connectivity index (χ3n) is 4.63. The van der Waals surface area contributed by atoms with Gasteiger partial charge in [0.1, 0.15) is 0 Å². The van der Waals surface area contributed by atoms with Crippen molar-refractivity contribution in [1.82, 2.24) is 0 Å². The van der Waals surface area contributed by atoms with E-state index in [1.54, 1.807) is 28.8 Å². The van der Waals surface area contributed by atoms with E-state index in [0.29, 0.717) is 11.5 Å². The molecule has 0 fully saturated rings. The van der Waals surface area contributed by atoms with Crippen LogP contribution in [-0.4, -0.2) is 32.7 Å². The molecule has 1 heterocycles. The van der Waals surface area contributed by atoms with Crippen LogP contribution in [0.4, 0.5) is 11.4 Å². The molecule has 0 saturated carbocycles. The fourth-order valence-electron chi connectivity index (χ4n) is 3.21. The Hall–Kier alpha value is -3.45. The van der Waals surface area contributed by atoms with Crippen molar-refractivity contribution >= 4 is 35.0 Å². The Balaban J connectivity index is 1.54. The summed E-state index contributed by atoms with van der Waals surface area (Å²) < 4.78 is 15.7. The Morgan fingerprint density at radius 1 is 0.833 bits per heavy atom. The number of hydrogen-bond donors (Lipinski definition) is 0. The molecule has 152 valence electrons. The molecule has 0 aliphatic carbocycles. The highest BCUT2D eigenvalue weighted by atomic mass is 32.2. The zero-order chi connectivity index (χ0) is 21.1. The van der Waals surface area contributed by atoms with E-state index in [9.17, 15) is 9.59 Å². The number of esters is 1. The first-order valence-electron chi connectivity index (χ1n) is 9.20. The smallest absolute Gasteiger partial charge is 0.338 e. The highest BCUT2D eigenvalue weighted by Crippen LogP contribution is 2.47. The molecule has 30 heavy (non-hydrogen) atoms. The van der Waals surface area contributed by atoms with E-state index in [0.717, 1.165) is 21.2 Å². The molecule has 1 amide bonds. The molecule has 1 aliphatic heterocycles. The third kappa shape index (κ3) is 3.71. The van der Waals surface area contributed by atoms with Crippen molar-refractivity contribution in [1.29, 1.82) is 0 Å². The lowest BCUT2D eigenvalue weighted by Gasteiger charge is -2.30. The van der Waals surface area contributed by atoms with Crippen molar-refractivity contribution in [2.45, 2.75) is 9.79 Å². The van der Waals surface area contributed by atoms with E-state index in [-0.39, 0.29) is 18.1 Å². The Morgan fingerprint density at radius 2 is 1.43 bits per heavy atom. The number of amides is 1. The maximum absolute atomic E-state index is 13.1. The zero-order valence-corrected chi connectivity index (χ0v) is 17.3. The Morgan fingerprint density at radius 3 is 2.03 bits per heavy atom. The van der Waals surface area contributed by atoms with Gasteiger partial charge in [0.25, 0.3) is 5.91 Å². The van der Waals surface area contributed by atoms with Crippen LogP contribution in [0, 0.1) is 0 Å². The number of fused-ring (bicyclic) bond motifs is 2. The van der Waals surface area contributed by atoms with Gasteiger partial charge in [-0.25, -0.2) is 4.79 Å². The predicted molar refractivity (Wildman–Crippen MR) is 114 cm³/mol. The quantitative estimate of drug-likeness (QED) is 0.557. The molecule has 0 atom stereocenters. The van der Waals surface area contributed by atoms with Crippen LogP contribution < -0.4 is 14.4 Å². The van der Waals surface area contributed by atoms with Crippen molar-refractivity contribution in [3.63, 3.8) is 0 Å². The predicted octanol–water partition coefficient (Wildman–Crippen LogP) is 4.69. The summed E-state index contributed by atoms with van der Waals surface area (Å²) in [6.45, 7) is -0.388. The molecule has 0 unspecified atom stereocenters. The summed E-state index contributed by atoms with van der Waals surface area (Å²) in [6, 6.07) is 20.0. The van der Waals surface area contributed by atoms with Crippen molar-refractivity contribution in [2.24, 2.45) is 0 Å². The van der Waals surface area contributed by atoms with E-state index in [2.05, 4.69) is 0 Å². The number of rotatable bonds is 5. The van der Waals surface area contributed by atoms with Crippen molar-refractivity contribution in [2.75, 3.05) is 25.7 Å². The highest BCUT2D eigenvalue weighted by Gasteiger charge is 2.28. The van der Waals surface area contributed by atoms with E-state index >= 15 is 0 Å². The molecular weight excluding hydrogens is 402 g/mol. The van der Waals surface area contributed by atoms with Gasteiger partial charge in [-0.1, -0.05) is 36.0 Å². The first kappa shape index (κ1) is 19.8. The van der Waals surface area contributed by atoms with Gasteiger partial charge in [-0.3, -0.25) is 9.69 Å².